The zero-order chi connectivity index (χ0) is 16.7. The summed E-state index contributed by atoms with van der Waals surface area (Å²) in [5.41, 5.74) is 0.536. The predicted molar refractivity (Wildman–Crippen MR) is 87.6 cm³/mol. The summed E-state index contributed by atoms with van der Waals surface area (Å²) in [5, 5.41) is 20.7. The van der Waals surface area contributed by atoms with Gasteiger partial charge in [0.1, 0.15) is 5.76 Å². The van der Waals surface area contributed by atoms with Crippen LogP contribution in [0.3, 0.4) is 0 Å². The fourth-order valence-electron chi connectivity index (χ4n) is 7.33. The normalized spacial score (nSPS) is 52.0. The van der Waals surface area contributed by atoms with Crippen molar-refractivity contribution in [3.8, 4) is 0 Å². The second-order valence-electron chi connectivity index (χ2n) is 9.22. The standard InChI is InChI=1S/C20H26O4/c1-18-6-5-15-13(8-17(22)24-15)14(18)4-7-19-9-12(2-3-16(18)19)20(23,10-19)11-21/h5,8,12,14,16,21,23H,2-4,6-7,9-11H2,1H3. The lowest BCUT2D eigenvalue weighted by atomic mass is 9.45. The second kappa shape index (κ2) is 4.53. The van der Waals surface area contributed by atoms with Crippen LogP contribution in [0.1, 0.15) is 51.9 Å². The minimum atomic E-state index is -0.876. The highest BCUT2D eigenvalue weighted by Gasteiger charge is 2.66. The lowest BCUT2D eigenvalue weighted by Gasteiger charge is -2.59. The number of fused-ring (bicyclic) bond motifs is 5. The molecule has 1 heterocycles. The third-order valence-corrected chi connectivity index (χ3v) is 8.28. The first-order chi connectivity index (χ1) is 11.4. The molecule has 5 aliphatic rings. The molecule has 4 nitrogen and oxygen atoms in total. The van der Waals surface area contributed by atoms with Crippen LogP contribution in [0.5, 0.6) is 0 Å². The second-order valence-corrected chi connectivity index (χ2v) is 9.22. The fraction of sp³-hybridized carbons (Fsp3) is 0.750. The quantitative estimate of drug-likeness (QED) is 0.726. The van der Waals surface area contributed by atoms with E-state index in [0.29, 0.717) is 11.8 Å². The molecule has 24 heavy (non-hydrogen) atoms. The van der Waals surface area contributed by atoms with Crippen molar-refractivity contribution < 1.29 is 19.7 Å². The van der Waals surface area contributed by atoms with Gasteiger partial charge in [0.15, 0.2) is 0 Å². The maximum Gasteiger partial charge on any atom is 0.336 e. The number of aliphatic hydroxyl groups excluding tert-OH is 1. The predicted octanol–water partition coefficient (Wildman–Crippen LogP) is 2.70. The van der Waals surface area contributed by atoms with Crippen LogP contribution in [0.15, 0.2) is 23.5 Å². The van der Waals surface area contributed by atoms with Gasteiger partial charge in [0.05, 0.1) is 12.2 Å². The number of rotatable bonds is 1. The average Bonchev–Trinajstić information content (AvgIpc) is 3.02. The molecule has 4 aliphatic carbocycles. The number of hydrogen-bond acceptors (Lipinski definition) is 4. The highest BCUT2D eigenvalue weighted by molar-refractivity contribution is 5.88. The van der Waals surface area contributed by atoms with Gasteiger partial charge < -0.3 is 14.9 Å². The fourth-order valence-corrected chi connectivity index (χ4v) is 7.33. The van der Waals surface area contributed by atoms with Crippen LogP contribution >= 0.6 is 0 Å². The maximum absolute atomic E-state index is 11.7. The Balaban J connectivity index is 1.56. The van der Waals surface area contributed by atoms with Gasteiger partial charge in [0, 0.05) is 11.6 Å². The Morgan fingerprint density at radius 2 is 2.17 bits per heavy atom. The van der Waals surface area contributed by atoms with Crippen LogP contribution < -0.4 is 0 Å². The van der Waals surface area contributed by atoms with Crippen molar-refractivity contribution in [2.24, 2.45) is 28.6 Å². The third kappa shape index (κ3) is 1.69. The van der Waals surface area contributed by atoms with Gasteiger partial charge in [0.25, 0.3) is 0 Å². The summed E-state index contributed by atoms with van der Waals surface area (Å²) in [6.07, 6.45) is 10.9. The Morgan fingerprint density at radius 1 is 1.33 bits per heavy atom. The monoisotopic (exact) mass is 330 g/mol. The molecule has 3 saturated carbocycles. The first-order valence-corrected chi connectivity index (χ1v) is 9.37. The van der Waals surface area contributed by atoms with E-state index in [2.05, 4.69) is 13.0 Å². The van der Waals surface area contributed by atoms with Crippen molar-refractivity contribution in [3.63, 3.8) is 0 Å². The maximum atomic E-state index is 11.7. The molecule has 2 N–H and O–H groups in total. The number of carbonyl (C=O) groups is 1. The number of allylic oxidation sites excluding steroid dienone is 2. The molecule has 5 rings (SSSR count). The van der Waals surface area contributed by atoms with E-state index in [-0.39, 0.29) is 29.3 Å². The molecule has 0 saturated heterocycles. The van der Waals surface area contributed by atoms with Gasteiger partial charge in [-0.15, -0.1) is 0 Å². The van der Waals surface area contributed by atoms with Crippen LogP contribution in [0.2, 0.25) is 0 Å². The van der Waals surface area contributed by atoms with Crippen LogP contribution in [0.4, 0.5) is 0 Å². The lowest BCUT2D eigenvalue weighted by molar-refractivity contribution is -0.132. The zero-order valence-corrected chi connectivity index (χ0v) is 14.3. The zero-order valence-electron chi connectivity index (χ0n) is 14.3. The first kappa shape index (κ1) is 15.2. The summed E-state index contributed by atoms with van der Waals surface area (Å²) in [6.45, 7) is 2.28. The van der Waals surface area contributed by atoms with E-state index in [1.54, 1.807) is 6.08 Å². The Bertz CT molecular complexity index is 679. The van der Waals surface area contributed by atoms with Crippen molar-refractivity contribution in [2.75, 3.05) is 6.61 Å². The third-order valence-electron chi connectivity index (χ3n) is 8.28. The lowest BCUT2D eigenvalue weighted by Crippen LogP contribution is -2.51. The van der Waals surface area contributed by atoms with E-state index >= 15 is 0 Å². The molecule has 2 bridgehead atoms. The number of carbonyl (C=O) groups excluding carboxylic acids is 1. The van der Waals surface area contributed by atoms with E-state index < -0.39 is 5.60 Å². The van der Waals surface area contributed by atoms with Crippen molar-refractivity contribution in [2.45, 2.75) is 57.5 Å². The Kier molecular flexibility index (Phi) is 2.86. The van der Waals surface area contributed by atoms with Gasteiger partial charge in [0.2, 0.25) is 0 Å². The Hall–Kier alpha value is -1.13. The van der Waals surface area contributed by atoms with E-state index in [4.69, 9.17) is 4.74 Å². The van der Waals surface area contributed by atoms with Crippen molar-refractivity contribution >= 4 is 5.97 Å². The van der Waals surface area contributed by atoms with Crippen molar-refractivity contribution in [1.82, 2.24) is 0 Å². The summed E-state index contributed by atoms with van der Waals surface area (Å²) in [6, 6.07) is 0. The van der Waals surface area contributed by atoms with Crippen LogP contribution in [-0.4, -0.2) is 28.4 Å². The molecule has 0 amide bonds. The Morgan fingerprint density at radius 3 is 2.96 bits per heavy atom. The highest BCUT2D eigenvalue weighted by Crippen LogP contribution is 2.71. The molecule has 1 aliphatic heterocycles. The largest absolute Gasteiger partial charge is 0.423 e. The molecule has 6 atom stereocenters. The highest BCUT2D eigenvalue weighted by atomic mass is 16.5. The molecular weight excluding hydrogens is 304 g/mol. The van der Waals surface area contributed by atoms with Gasteiger partial charge in [-0.1, -0.05) is 6.92 Å². The van der Waals surface area contributed by atoms with Gasteiger partial charge in [-0.2, -0.15) is 0 Å². The van der Waals surface area contributed by atoms with E-state index in [0.717, 1.165) is 56.3 Å². The molecule has 0 radical (unpaired) electrons. The van der Waals surface area contributed by atoms with Crippen LogP contribution in [0, 0.1) is 28.6 Å². The summed E-state index contributed by atoms with van der Waals surface area (Å²) in [4.78, 5) is 11.7. The topological polar surface area (TPSA) is 66.8 Å². The minimum Gasteiger partial charge on any atom is -0.423 e. The van der Waals surface area contributed by atoms with Crippen molar-refractivity contribution in [1.29, 1.82) is 0 Å². The minimum absolute atomic E-state index is 0.107. The number of aliphatic hydroxyl groups is 2. The van der Waals surface area contributed by atoms with E-state index in [1.165, 1.54) is 0 Å². The van der Waals surface area contributed by atoms with E-state index in [1.807, 2.05) is 0 Å². The number of hydrogen-bond donors (Lipinski definition) is 2. The van der Waals surface area contributed by atoms with Gasteiger partial charge in [-0.3, -0.25) is 0 Å². The number of ether oxygens (including phenoxy) is 1. The molecule has 0 aromatic heterocycles. The molecule has 3 fully saturated rings. The molecule has 6 unspecified atom stereocenters. The average molecular weight is 330 g/mol. The number of esters is 1. The Labute approximate surface area is 142 Å². The molecule has 1 spiro atoms. The van der Waals surface area contributed by atoms with Crippen LogP contribution in [0.25, 0.3) is 0 Å². The summed E-state index contributed by atoms with van der Waals surface area (Å²) >= 11 is 0. The molecule has 4 heteroatoms. The van der Waals surface area contributed by atoms with E-state index in [9.17, 15) is 15.0 Å². The van der Waals surface area contributed by atoms with Crippen molar-refractivity contribution in [3.05, 3.63) is 23.5 Å². The van der Waals surface area contributed by atoms with Gasteiger partial charge >= 0.3 is 5.97 Å². The van der Waals surface area contributed by atoms with Crippen LogP contribution in [-0.2, 0) is 9.53 Å². The molecular formula is C20H26O4. The SMILES string of the molecule is CC12CC=C3OC(=O)C=C3C1CCC13CC(CCC12)C(O)(CO)C3. The van der Waals surface area contributed by atoms with Gasteiger partial charge in [-0.25, -0.2) is 4.79 Å². The summed E-state index contributed by atoms with van der Waals surface area (Å²) < 4.78 is 5.36. The molecule has 0 aromatic carbocycles. The van der Waals surface area contributed by atoms with Gasteiger partial charge in [-0.05, 0) is 79.6 Å². The smallest absolute Gasteiger partial charge is 0.336 e. The first-order valence-electron chi connectivity index (χ1n) is 9.37. The summed E-state index contributed by atoms with van der Waals surface area (Å²) in [7, 11) is 0. The molecule has 0 aromatic rings. The molecule has 130 valence electrons. The summed E-state index contributed by atoms with van der Waals surface area (Å²) in [5.74, 6) is 1.77.